The summed E-state index contributed by atoms with van der Waals surface area (Å²) in [5.74, 6) is -0.550. The summed E-state index contributed by atoms with van der Waals surface area (Å²) >= 11 is 12.4. The number of aromatic nitrogens is 3. The molecular formula is C23H19Cl2N5O3. The van der Waals surface area contributed by atoms with Gasteiger partial charge in [0.25, 0.3) is 11.6 Å². The van der Waals surface area contributed by atoms with Crippen LogP contribution in [0.2, 0.25) is 10.0 Å². The molecule has 0 radical (unpaired) electrons. The number of nitro groups is 1. The van der Waals surface area contributed by atoms with Crippen LogP contribution >= 0.6 is 23.2 Å². The number of nitrogens with zero attached hydrogens (tertiary/aromatic N) is 4. The smallest absolute Gasteiger partial charge is 0.270 e. The Balaban J connectivity index is 1.58. The molecule has 4 aromatic rings. The van der Waals surface area contributed by atoms with Crippen molar-refractivity contribution in [3.63, 3.8) is 0 Å². The maximum absolute atomic E-state index is 12.7. The van der Waals surface area contributed by atoms with Gasteiger partial charge in [-0.1, -0.05) is 48.7 Å². The van der Waals surface area contributed by atoms with Gasteiger partial charge in [-0.3, -0.25) is 14.9 Å². The number of carbonyl (C=O) groups is 1. The number of anilines is 1. The predicted octanol–water partition coefficient (Wildman–Crippen LogP) is 6.23. The first-order valence-corrected chi connectivity index (χ1v) is 11.0. The lowest BCUT2D eigenvalue weighted by atomic mass is 10.1. The number of rotatable bonds is 7. The van der Waals surface area contributed by atoms with E-state index in [1.807, 2.05) is 12.1 Å². The van der Waals surface area contributed by atoms with Crippen LogP contribution in [0.4, 0.5) is 11.4 Å². The number of hydrogen-bond acceptors (Lipinski definition) is 5. The molecule has 0 saturated carbocycles. The highest BCUT2D eigenvalue weighted by molar-refractivity contribution is 6.36. The topological polar surface area (TPSA) is 103 Å². The van der Waals surface area contributed by atoms with E-state index >= 15 is 0 Å². The molecule has 1 N–H and O–H groups in total. The molecule has 0 spiro atoms. The van der Waals surface area contributed by atoms with E-state index in [0.717, 1.165) is 31.0 Å². The van der Waals surface area contributed by atoms with Gasteiger partial charge in [0, 0.05) is 12.1 Å². The van der Waals surface area contributed by atoms with E-state index in [0.29, 0.717) is 16.7 Å². The molecule has 0 aliphatic rings. The summed E-state index contributed by atoms with van der Waals surface area (Å²) in [4.78, 5) is 24.5. The van der Waals surface area contributed by atoms with Gasteiger partial charge in [-0.15, -0.1) is 10.2 Å². The van der Waals surface area contributed by atoms with Gasteiger partial charge in [-0.2, -0.15) is 4.80 Å². The average molecular weight is 484 g/mol. The van der Waals surface area contributed by atoms with Gasteiger partial charge >= 0.3 is 0 Å². The van der Waals surface area contributed by atoms with Crippen molar-refractivity contribution >= 4 is 51.5 Å². The van der Waals surface area contributed by atoms with Crippen molar-refractivity contribution in [2.24, 2.45) is 0 Å². The van der Waals surface area contributed by atoms with Crippen molar-refractivity contribution in [3.8, 4) is 5.69 Å². The van der Waals surface area contributed by atoms with E-state index < -0.39 is 10.8 Å². The van der Waals surface area contributed by atoms with E-state index in [1.165, 1.54) is 22.5 Å². The van der Waals surface area contributed by atoms with E-state index in [2.05, 4.69) is 34.6 Å². The number of hydrogen-bond donors (Lipinski definition) is 1. The Labute approximate surface area is 199 Å². The molecular weight excluding hydrogens is 465 g/mol. The molecule has 0 fully saturated rings. The first-order chi connectivity index (χ1) is 15.9. The number of nitro benzene ring substituents is 1. The summed E-state index contributed by atoms with van der Waals surface area (Å²) in [7, 11) is 0. The summed E-state index contributed by atoms with van der Waals surface area (Å²) in [5, 5.41) is 22.8. The average Bonchev–Trinajstić information content (AvgIpc) is 3.20. The largest absolute Gasteiger partial charge is 0.321 e. The zero-order chi connectivity index (χ0) is 23.5. The van der Waals surface area contributed by atoms with Gasteiger partial charge in [0.15, 0.2) is 0 Å². The highest BCUT2D eigenvalue weighted by Gasteiger charge is 2.17. The van der Waals surface area contributed by atoms with E-state index in [1.54, 1.807) is 12.1 Å². The first kappa shape index (κ1) is 22.7. The van der Waals surface area contributed by atoms with Crippen molar-refractivity contribution < 1.29 is 9.72 Å². The Morgan fingerprint density at radius 1 is 1.03 bits per heavy atom. The van der Waals surface area contributed by atoms with Gasteiger partial charge < -0.3 is 5.32 Å². The fourth-order valence-corrected chi connectivity index (χ4v) is 3.78. The molecule has 0 bridgehead atoms. The zero-order valence-electron chi connectivity index (χ0n) is 17.6. The summed E-state index contributed by atoms with van der Waals surface area (Å²) in [6, 6.07) is 14.9. The number of halogens is 2. The number of aryl methyl sites for hydroxylation is 1. The molecule has 4 rings (SSSR count). The SMILES string of the molecule is CCCCc1ccc(-n2nc3cc(Cl)c(NC(=O)c4ccc([N+](=O)[O-])cc4Cl)cc3n2)cc1. The predicted molar refractivity (Wildman–Crippen MR) is 129 cm³/mol. The molecule has 1 amide bonds. The molecule has 3 aromatic carbocycles. The molecule has 0 unspecified atom stereocenters. The zero-order valence-corrected chi connectivity index (χ0v) is 19.1. The Morgan fingerprint density at radius 3 is 2.36 bits per heavy atom. The molecule has 1 heterocycles. The minimum atomic E-state index is -0.583. The molecule has 1 aromatic heterocycles. The Kier molecular flexibility index (Phi) is 6.57. The van der Waals surface area contributed by atoms with Crippen LogP contribution in [0.15, 0.2) is 54.6 Å². The van der Waals surface area contributed by atoms with Crippen LogP contribution in [0.3, 0.4) is 0 Å². The van der Waals surface area contributed by atoms with Crippen LogP contribution in [0.25, 0.3) is 16.7 Å². The van der Waals surface area contributed by atoms with Gasteiger partial charge in [-0.05, 0) is 48.7 Å². The quantitative estimate of drug-likeness (QED) is 0.247. The minimum Gasteiger partial charge on any atom is -0.321 e. The number of fused-ring (bicyclic) bond motifs is 1. The van der Waals surface area contributed by atoms with Crippen molar-refractivity contribution in [3.05, 3.63) is 85.9 Å². The monoisotopic (exact) mass is 483 g/mol. The van der Waals surface area contributed by atoms with Crippen LogP contribution < -0.4 is 5.32 Å². The minimum absolute atomic E-state index is 0.0350. The first-order valence-electron chi connectivity index (χ1n) is 10.3. The Morgan fingerprint density at radius 2 is 1.73 bits per heavy atom. The summed E-state index contributed by atoms with van der Waals surface area (Å²) in [5.41, 5.74) is 3.39. The number of nitrogens with one attached hydrogen (secondary N) is 1. The van der Waals surface area contributed by atoms with Crippen LogP contribution in [-0.2, 0) is 6.42 Å². The standard InChI is InChI=1S/C23H19Cl2N5O3/c1-2-3-4-14-5-7-15(8-6-14)29-27-21-12-19(25)20(13-22(21)28-29)26-23(31)17-10-9-16(30(32)33)11-18(17)24/h5-13H,2-4H2,1H3,(H,26,31). The maximum atomic E-state index is 12.7. The van der Waals surface area contributed by atoms with E-state index in [9.17, 15) is 14.9 Å². The van der Waals surface area contributed by atoms with Crippen molar-refractivity contribution in [1.82, 2.24) is 15.0 Å². The van der Waals surface area contributed by atoms with Gasteiger partial charge in [0.2, 0.25) is 0 Å². The Hall–Kier alpha value is -3.49. The molecule has 8 nitrogen and oxygen atoms in total. The molecule has 0 atom stereocenters. The number of benzene rings is 3. The summed E-state index contributed by atoms with van der Waals surface area (Å²) in [6.45, 7) is 2.16. The summed E-state index contributed by atoms with van der Waals surface area (Å²) < 4.78 is 0. The number of unbranched alkanes of at least 4 members (excludes halogenated alkanes) is 1. The van der Waals surface area contributed by atoms with Crippen LogP contribution in [0.5, 0.6) is 0 Å². The molecule has 10 heteroatoms. The normalized spacial score (nSPS) is 11.0. The number of non-ortho nitro benzene ring substituents is 1. The molecule has 0 saturated heterocycles. The van der Waals surface area contributed by atoms with Crippen LogP contribution in [-0.4, -0.2) is 25.8 Å². The van der Waals surface area contributed by atoms with Gasteiger partial charge in [-0.25, -0.2) is 0 Å². The third kappa shape index (κ3) is 4.97. The second-order valence-corrected chi connectivity index (χ2v) is 8.27. The van der Waals surface area contributed by atoms with Gasteiger partial charge in [0.05, 0.1) is 31.9 Å². The number of carbonyl (C=O) groups excluding carboxylic acids is 1. The van der Waals surface area contributed by atoms with Crippen molar-refractivity contribution in [1.29, 1.82) is 0 Å². The lowest BCUT2D eigenvalue weighted by molar-refractivity contribution is -0.384. The van der Waals surface area contributed by atoms with E-state index in [-0.39, 0.29) is 21.3 Å². The highest BCUT2D eigenvalue weighted by atomic mass is 35.5. The van der Waals surface area contributed by atoms with Crippen molar-refractivity contribution in [2.45, 2.75) is 26.2 Å². The Bertz CT molecular complexity index is 1350. The number of amides is 1. The lowest BCUT2D eigenvalue weighted by Crippen LogP contribution is -2.13. The fourth-order valence-electron chi connectivity index (χ4n) is 3.32. The lowest BCUT2D eigenvalue weighted by Gasteiger charge is -2.08. The fraction of sp³-hybridized carbons (Fsp3) is 0.174. The highest BCUT2D eigenvalue weighted by Crippen LogP contribution is 2.29. The van der Waals surface area contributed by atoms with Crippen LogP contribution in [0.1, 0.15) is 35.7 Å². The molecule has 168 valence electrons. The molecule has 0 aliphatic carbocycles. The van der Waals surface area contributed by atoms with Gasteiger partial charge in [0.1, 0.15) is 11.0 Å². The second-order valence-electron chi connectivity index (χ2n) is 7.46. The van der Waals surface area contributed by atoms with Crippen molar-refractivity contribution in [2.75, 3.05) is 5.32 Å². The third-order valence-corrected chi connectivity index (χ3v) is 5.74. The second kappa shape index (κ2) is 9.56. The summed E-state index contributed by atoms with van der Waals surface area (Å²) in [6.07, 6.45) is 3.31. The van der Waals surface area contributed by atoms with Crippen LogP contribution in [0, 0.1) is 10.1 Å². The third-order valence-electron chi connectivity index (χ3n) is 5.11. The maximum Gasteiger partial charge on any atom is 0.270 e. The molecule has 33 heavy (non-hydrogen) atoms. The molecule has 0 aliphatic heterocycles. The van der Waals surface area contributed by atoms with E-state index in [4.69, 9.17) is 23.2 Å².